The third kappa shape index (κ3) is 4.32. The lowest BCUT2D eigenvalue weighted by molar-refractivity contribution is 0.630. The van der Waals surface area contributed by atoms with Crippen LogP contribution in [0.3, 0.4) is 0 Å². The molecule has 0 unspecified atom stereocenters. The molecule has 236 valence electrons. The van der Waals surface area contributed by atoms with E-state index in [0.29, 0.717) is 0 Å². The first-order chi connectivity index (χ1) is 24.5. The van der Waals surface area contributed by atoms with Crippen LogP contribution in [0.15, 0.2) is 170 Å². The van der Waals surface area contributed by atoms with Crippen molar-refractivity contribution in [3.05, 3.63) is 181 Å². The smallest absolute Gasteiger partial charge is 0.0780 e. The summed E-state index contributed by atoms with van der Waals surface area (Å²) in [7, 11) is 0. The molecule has 0 N–H and O–H groups in total. The maximum Gasteiger partial charge on any atom is 0.0780 e. The van der Waals surface area contributed by atoms with E-state index in [-0.39, 0.29) is 5.41 Å². The zero-order valence-electron chi connectivity index (χ0n) is 28.1. The molecule has 2 aromatic heterocycles. The van der Waals surface area contributed by atoms with Crippen molar-refractivity contribution in [2.45, 2.75) is 19.3 Å². The number of fused-ring (bicyclic) bond motifs is 6. The molecule has 0 saturated carbocycles. The molecule has 2 heteroatoms. The Bertz CT molecular complexity index is 2760. The second-order valence-electron chi connectivity index (χ2n) is 14.0. The molecular weight excluding hydrogens is 605 g/mol. The summed E-state index contributed by atoms with van der Waals surface area (Å²) >= 11 is 0. The van der Waals surface area contributed by atoms with Crippen LogP contribution in [0.1, 0.15) is 25.0 Å². The maximum atomic E-state index is 4.83. The van der Waals surface area contributed by atoms with Crippen molar-refractivity contribution in [2.75, 3.05) is 0 Å². The van der Waals surface area contributed by atoms with Gasteiger partial charge in [-0.1, -0.05) is 129 Å². The zero-order chi connectivity index (χ0) is 33.4. The number of hydrogen-bond donors (Lipinski definition) is 0. The highest BCUT2D eigenvalue weighted by molar-refractivity contribution is 6.14. The van der Waals surface area contributed by atoms with Crippen molar-refractivity contribution in [1.82, 2.24) is 9.55 Å². The zero-order valence-corrected chi connectivity index (χ0v) is 28.1. The summed E-state index contributed by atoms with van der Waals surface area (Å²) in [6, 6.07) is 59.9. The second-order valence-corrected chi connectivity index (χ2v) is 14.0. The number of hydrogen-bond acceptors (Lipinski definition) is 1. The number of nitrogens with zero attached hydrogens (tertiary/aromatic N) is 2. The van der Waals surface area contributed by atoms with E-state index in [4.69, 9.17) is 4.98 Å². The number of aromatic nitrogens is 2. The molecule has 7 aromatic carbocycles. The van der Waals surface area contributed by atoms with Gasteiger partial charge in [0.2, 0.25) is 0 Å². The van der Waals surface area contributed by atoms with E-state index in [1.807, 2.05) is 6.20 Å². The van der Waals surface area contributed by atoms with Crippen LogP contribution in [0.25, 0.3) is 82.9 Å². The first-order valence-corrected chi connectivity index (χ1v) is 17.4. The lowest BCUT2D eigenvalue weighted by Crippen LogP contribution is -2.26. The van der Waals surface area contributed by atoms with Gasteiger partial charge in [-0.25, -0.2) is 0 Å². The van der Waals surface area contributed by atoms with Crippen molar-refractivity contribution in [3.8, 4) is 50.3 Å². The van der Waals surface area contributed by atoms with E-state index < -0.39 is 0 Å². The van der Waals surface area contributed by atoms with Gasteiger partial charge in [0.15, 0.2) is 0 Å². The fourth-order valence-corrected chi connectivity index (χ4v) is 8.23. The van der Waals surface area contributed by atoms with Gasteiger partial charge in [0, 0.05) is 33.3 Å². The normalized spacial score (nSPS) is 13.2. The standard InChI is InChI=1S/C48H34N2/c1-48(2)42-29-36(34-17-11-18-37(26-34)46-39-19-10-9-16-33(39)24-25-49-46)21-23-45(42)50-44-22-20-35(31-12-5-3-6-13-31)27-40(44)41-28-38(30-43(48)47(41)50)32-14-7-4-8-15-32/h3-30H,1-2H3. The molecule has 1 aliphatic heterocycles. The highest BCUT2D eigenvalue weighted by Gasteiger charge is 2.36. The van der Waals surface area contributed by atoms with Gasteiger partial charge in [-0.05, 0) is 98.4 Å². The lowest BCUT2D eigenvalue weighted by Gasteiger charge is -2.35. The Hall–Kier alpha value is -6.25. The van der Waals surface area contributed by atoms with E-state index in [9.17, 15) is 0 Å². The molecule has 1 aliphatic rings. The Morgan fingerprint density at radius 3 is 1.88 bits per heavy atom. The molecule has 0 amide bonds. The highest BCUT2D eigenvalue weighted by atomic mass is 15.0. The molecule has 0 radical (unpaired) electrons. The van der Waals surface area contributed by atoms with Gasteiger partial charge in [0.25, 0.3) is 0 Å². The summed E-state index contributed by atoms with van der Waals surface area (Å²) in [4.78, 5) is 4.83. The van der Waals surface area contributed by atoms with Gasteiger partial charge in [-0.15, -0.1) is 0 Å². The fourth-order valence-electron chi connectivity index (χ4n) is 8.23. The van der Waals surface area contributed by atoms with Crippen LogP contribution in [0.2, 0.25) is 0 Å². The lowest BCUT2D eigenvalue weighted by atomic mass is 9.73. The number of rotatable bonds is 4. The molecule has 0 fully saturated rings. The minimum absolute atomic E-state index is 0.240. The molecule has 9 aromatic rings. The first-order valence-electron chi connectivity index (χ1n) is 17.4. The van der Waals surface area contributed by atoms with Crippen molar-refractivity contribution in [2.24, 2.45) is 0 Å². The first kappa shape index (κ1) is 28.7. The van der Waals surface area contributed by atoms with Crippen LogP contribution in [0.5, 0.6) is 0 Å². The van der Waals surface area contributed by atoms with Crippen LogP contribution in [-0.2, 0) is 5.41 Å². The van der Waals surface area contributed by atoms with E-state index >= 15 is 0 Å². The quantitative estimate of drug-likeness (QED) is 0.188. The minimum atomic E-state index is -0.240. The predicted octanol–water partition coefficient (Wildman–Crippen LogP) is 12.6. The number of benzene rings is 7. The van der Waals surface area contributed by atoms with Gasteiger partial charge in [0.1, 0.15) is 0 Å². The van der Waals surface area contributed by atoms with Gasteiger partial charge in [-0.2, -0.15) is 0 Å². The Morgan fingerprint density at radius 2 is 1.06 bits per heavy atom. The molecule has 50 heavy (non-hydrogen) atoms. The van der Waals surface area contributed by atoms with Gasteiger partial charge >= 0.3 is 0 Å². The predicted molar refractivity (Wildman–Crippen MR) is 210 cm³/mol. The molecule has 0 atom stereocenters. The van der Waals surface area contributed by atoms with Crippen LogP contribution >= 0.6 is 0 Å². The van der Waals surface area contributed by atoms with Gasteiger partial charge in [0.05, 0.1) is 22.4 Å². The summed E-state index contributed by atoms with van der Waals surface area (Å²) in [5.74, 6) is 0. The van der Waals surface area contributed by atoms with Crippen LogP contribution < -0.4 is 0 Å². The van der Waals surface area contributed by atoms with E-state index in [1.165, 1.54) is 82.8 Å². The van der Waals surface area contributed by atoms with E-state index in [2.05, 4.69) is 182 Å². The second kappa shape index (κ2) is 10.9. The average Bonchev–Trinajstić information content (AvgIpc) is 3.51. The van der Waals surface area contributed by atoms with Gasteiger partial charge < -0.3 is 4.57 Å². The minimum Gasteiger partial charge on any atom is -0.309 e. The van der Waals surface area contributed by atoms with Gasteiger partial charge in [-0.3, -0.25) is 4.98 Å². The Morgan fingerprint density at radius 1 is 0.440 bits per heavy atom. The molecule has 0 bridgehead atoms. The SMILES string of the molecule is CC1(C)c2cc(-c3cccc(-c4nccc5ccccc45)c3)ccc2-n2c3ccc(-c4ccccc4)cc3c3cc(-c4ccccc4)cc1c32. The van der Waals surface area contributed by atoms with Crippen molar-refractivity contribution in [1.29, 1.82) is 0 Å². The Labute approximate surface area is 291 Å². The summed E-state index contributed by atoms with van der Waals surface area (Å²) < 4.78 is 2.52. The third-order valence-corrected chi connectivity index (χ3v) is 10.8. The largest absolute Gasteiger partial charge is 0.309 e. The summed E-state index contributed by atoms with van der Waals surface area (Å²) in [5.41, 5.74) is 15.7. The Balaban J connectivity index is 1.20. The molecule has 0 saturated heterocycles. The van der Waals surface area contributed by atoms with Crippen molar-refractivity contribution in [3.63, 3.8) is 0 Å². The molecular formula is C48H34N2. The van der Waals surface area contributed by atoms with Crippen LogP contribution in [0.4, 0.5) is 0 Å². The Kier molecular flexibility index (Phi) is 6.25. The third-order valence-electron chi connectivity index (χ3n) is 10.8. The molecule has 0 aliphatic carbocycles. The molecule has 2 nitrogen and oxygen atoms in total. The highest BCUT2D eigenvalue weighted by Crippen LogP contribution is 2.50. The molecule has 3 heterocycles. The summed E-state index contributed by atoms with van der Waals surface area (Å²) in [6.45, 7) is 4.79. The van der Waals surface area contributed by atoms with Crippen LogP contribution in [0, 0.1) is 0 Å². The number of pyridine rings is 1. The molecule has 10 rings (SSSR count). The topological polar surface area (TPSA) is 17.8 Å². The summed E-state index contributed by atoms with van der Waals surface area (Å²) in [6.07, 6.45) is 1.91. The van der Waals surface area contributed by atoms with E-state index in [1.54, 1.807) is 0 Å². The van der Waals surface area contributed by atoms with Crippen LogP contribution in [-0.4, -0.2) is 9.55 Å². The average molecular weight is 639 g/mol. The fraction of sp³-hybridized carbons (Fsp3) is 0.0625. The molecule has 0 spiro atoms. The van der Waals surface area contributed by atoms with Crippen molar-refractivity contribution >= 4 is 32.6 Å². The summed E-state index contributed by atoms with van der Waals surface area (Å²) in [5, 5.41) is 4.95. The van der Waals surface area contributed by atoms with Crippen molar-refractivity contribution < 1.29 is 0 Å². The maximum absolute atomic E-state index is 4.83. The monoisotopic (exact) mass is 638 g/mol. The van der Waals surface area contributed by atoms with E-state index in [0.717, 1.165) is 11.3 Å².